The standard InChI is InChI=1S/C14H11BrF3N/c15-9-1-4-12(17)8(5-9)6-14(19)11-3-2-10(16)7-13(11)18/h1-5,7,14H,6,19H2. The lowest BCUT2D eigenvalue weighted by Gasteiger charge is -2.14. The van der Waals surface area contributed by atoms with Crippen molar-refractivity contribution >= 4 is 15.9 Å². The Morgan fingerprint density at radius 3 is 2.42 bits per heavy atom. The maximum atomic E-state index is 13.6. The van der Waals surface area contributed by atoms with E-state index in [0.29, 0.717) is 5.56 Å². The molecule has 2 rings (SSSR count). The molecule has 2 aromatic rings. The molecular formula is C14H11BrF3N. The molecule has 5 heteroatoms. The number of rotatable bonds is 3. The number of hydrogen-bond donors (Lipinski definition) is 1. The third-order valence-corrected chi connectivity index (χ3v) is 3.30. The average molecular weight is 330 g/mol. The Morgan fingerprint density at radius 1 is 1.00 bits per heavy atom. The molecule has 2 aromatic carbocycles. The van der Waals surface area contributed by atoms with E-state index in [9.17, 15) is 13.2 Å². The molecule has 1 unspecified atom stereocenters. The van der Waals surface area contributed by atoms with Gasteiger partial charge in [-0.25, -0.2) is 13.2 Å². The second-order valence-electron chi connectivity index (χ2n) is 4.21. The van der Waals surface area contributed by atoms with Gasteiger partial charge >= 0.3 is 0 Å². The van der Waals surface area contributed by atoms with Crippen molar-refractivity contribution in [2.24, 2.45) is 5.73 Å². The molecule has 0 aromatic heterocycles. The maximum Gasteiger partial charge on any atom is 0.130 e. The third-order valence-electron chi connectivity index (χ3n) is 2.81. The Labute approximate surface area is 117 Å². The minimum atomic E-state index is -0.732. The highest BCUT2D eigenvalue weighted by Crippen LogP contribution is 2.23. The van der Waals surface area contributed by atoms with Crippen LogP contribution in [-0.4, -0.2) is 0 Å². The Balaban J connectivity index is 2.25. The van der Waals surface area contributed by atoms with Crippen molar-refractivity contribution in [1.29, 1.82) is 0 Å². The van der Waals surface area contributed by atoms with E-state index in [1.54, 1.807) is 12.1 Å². The van der Waals surface area contributed by atoms with Crippen molar-refractivity contribution in [2.75, 3.05) is 0 Å². The quantitative estimate of drug-likeness (QED) is 0.901. The maximum absolute atomic E-state index is 13.6. The minimum Gasteiger partial charge on any atom is -0.324 e. The molecule has 1 nitrogen and oxygen atoms in total. The van der Waals surface area contributed by atoms with E-state index in [2.05, 4.69) is 15.9 Å². The van der Waals surface area contributed by atoms with Crippen LogP contribution in [0, 0.1) is 17.5 Å². The Hall–Kier alpha value is -1.33. The van der Waals surface area contributed by atoms with E-state index in [0.717, 1.165) is 16.6 Å². The lowest BCUT2D eigenvalue weighted by Crippen LogP contribution is -2.16. The van der Waals surface area contributed by atoms with Crippen LogP contribution in [0.25, 0.3) is 0 Å². The first kappa shape index (κ1) is 14.1. The van der Waals surface area contributed by atoms with Gasteiger partial charge in [0.15, 0.2) is 0 Å². The molecule has 0 aliphatic heterocycles. The highest BCUT2D eigenvalue weighted by molar-refractivity contribution is 9.10. The van der Waals surface area contributed by atoms with Crippen LogP contribution in [0.15, 0.2) is 40.9 Å². The fourth-order valence-electron chi connectivity index (χ4n) is 1.85. The summed E-state index contributed by atoms with van der Waals surface area (Å²) in [7, 11) is 0. The van der Waals surface area contributed by atoms with Crippen molar-refractivity contribution in [2.45, 2.75) is 12.5 Å². The molecule has 0 spiro atoms. The third kappa shape index (κ3) is 3.36. The first-order valence-electron chi connectivity index (χ1n) is 5.62. The van der Waals surface area contributed by atoms with Gasteiger partial charge in [-0.2, -0.15) is 0 Å². The molecule has 0 fully saturated rings. The summed E-state index contributed by atoms with van der Waals surface area (Å²) in [6.07, 6.45) is 0.133. The first-order chi connectivity index (χ1) is 8.97. The number of hydrogen-bond acceptors (Lipinski definition) is 1. The van der Waals surface area contributed by atoms with Gasteiger partial charge in [-0.15, -0.1) is 0 Å². The van der Waals surface area contributed by atoms with Crippen LogP contribution in [0.5, 0.6) is 0 Å². The fraction of sp³-hybridized carbons (Fsp3) is 0.143. The van der Waals surface area contributed by atoms with E-state index in [4.69, 9.17) is 5.73 Å². The van der Waals surface area contributed by atoms with Gasteiger partial charge in [0.2, 0.25) is 0 Å². The fourth-order valence-corrected chi connectivity index (χ4v) is 2.26. The van der Waals surface area contributed by atoms with Gasteiger partial charge in [0, 0.05) is 22.1 Å². The number of nitrogens with two attached hydrogens (primary N) is 1. The van der Waals surface area contributed by atoms with Gasteiger partial charge in [0.25, 0.3) is 0 Å². The molecule has 2 N–H and O–H groups in total. The summed E-state index contributed by atoms with van der Waals surface area (Å²) in [4.78, 5) is 0. The van der Waals surface area contributed by atoms with Crippen LogP contribution in [0.4, 0.5) is 13.2 Å². The summed E-state index contributed by atoms with van der Waals surface area (Å²) in [6, 6.07) is 6.93. The summed E-state index contributed by atoms with van der Waals surface area (Å²) < 4.78 is 40.7. The van der Waals surface area contributed by atoms with Crippen LogP contribution < -0.4 is 5.73 Å². The molecule has 0 bridgehead atoms. The predicted octanol–water partition coefficient (Wildman–Crippen LogP) is 4.11. The second-order valence-corrected chi connectivity index (χ2v) is 5.13. The second kappa shape index (κ2) is 5.75. The summed E-state index contributed by atoms with van der Waals surface area (Å²) in [5, 5.41) is 0. The molecule has 0 aliphatic carbocycles. The van der Waals surface area contributed by atoms with Crippen molar-refractivity contribution in [1.82, 2.24) is 0 Å². The van der Waals surface area contributed by atoms with E-state index in [-0.39, 0.29) is 12.0 Å². The molecule has 0 amide bonds. The molecule has 1 atom stereocenters. The predicted molar refractivity (Wildman–Crippen MR) is 71.1 cm³/mol. The largest absolute Gasteiger partial charge is 0.324 e. The molecule has 100 valence electrons. The molecule has 0 radical (unpaired) electrons. The highest BCUT2D eigenvalue weighted by Gasteiger charge is 2.15. The topological polar surface area (TPSA) is 26.0 Å². The van der Waals surface area contributed by atoms with Crippen LogP contribution in [0.2, 0.25) is 0 Å². The van der Waals surface area contributed by atoms with Crippen molar-refractivity contribution in [3.63, 3.8) is 0 Å². The summed E-state index contributed by atoms with van der Waals surface area (Å²) in [5.74, 6) is -1.79. The number of halogens is 4. The summed E-state index contributed by atoms with van der Waals surface area (Å²) in [6.45, 7) is 0. The van der Waals surface area contributed by atoms with Crippen molar-refractivity contribution in [3.8, 4) is 0 Å². The summed E-state index contributed by atoms with van der Waals surface area (Å²) >= 11 is 3.24. The lowest BCUT2D eigenvalue weighted by atomic mass is 9.99. The van der Waals surface area contributed by atoms with Gasteiger partial charge in [-0.05, 0) is 36.2 Å². The first-order valence-corrected chi connectivity index (χ1v) is 6.41. The van der Waals surface area contributed by atoms with Gasteiger partial charge in [0.05, 0.1) is 0 Å². The van der Waals surface area contributed by atoms with Gasteiger partial charge in [-0.1, -0.05) is 22.0 Å². The molecule has 0 saturated carbocycles. The van der Waals surface area contributed by atoms with E-state index >= 15 is 0 Å². The van der Waals surface area contributed by atoms with Gasteiger partial charge in [0.1, 0.15) is 17.5 Å². The summed E-state index contributed by atoms with van der Waals surface area (Å²) in [5.41, 5.74) is 6.40. The highest BCUT2D eigenvalue weighted by atomic mass is 79.9. The van der Waals surface area contributed by atoms with E-state index in [1.165, 1.54) is 12.1 Å². The Bertz CT molecular complexity index is 601. The SMILES string of the molecule is NC(Cc1cc(Br)ccc1F)c1ccc(F)cc1F. The average Bonchev–Trinajstić information content (AvgIpc) is 2.33. The zero-order valence-electron chi connectivity index (χ0n) is 9.84. The monoisotopic (exact) mass is 329 g/mol. The van der Waals surface area contributed by atoms with Gasteiger partial charge in [-0.3, -0.25) is 0 Å². The normalized spacial score (nSPS) is 12.5. The van der Waals surface area contributed by atoms with Crippen LogP contribution in [0.1, 0.15) is 17.2 Å². The molecule has 0 aliphatic rings. The van der Waals surface area contributed by atoms with Gasteiger partial charge < -0.3 is 5.73 Å². The Morgan fingerprint density at radius 2 is 1.74 bits per heavy atom. The van der Waals surface area contributed by atoms with Crippen LogP contribution in [0.3, 0.4) is 0 Å². The minimum absolute atomic E-state index is 0.133. The molecule has 0 heterocycles. The van der Waals surface area contributed by atoms with E-state index in [1.807, 2.05) is 0 Å². The van der Waals surface area contributed by atoms with Crippen molar-refractivity contribution < 1.29 is 13.2 Å². The lowest BCUT2D eigenvalue weighted by molar-refractivity contribution is 0.546. The zero-order valence-corrected chi connectivity index (χ0v) is 11.4. The van der Waals surface area contributed by atoms with Crippen LogP contribution >= 0.6 is 15.9 Å². The number of benzene rings is 2. The smallest absolute Gasteiger partial charge is 0.130 e. The molecule has 19 heavy (non-hydrogen) atoms. The van der Waals surface area contributed by atoms with E-state index < -0.39 is 23.5 Å². The zero-order chi connectivity index (χ0) is 14.0. The molecular weight excluding hydrogens is 319 g/mol. The molecule has 0 saturated heterocycles. The Kier molecular flexibility index (Phi) is 4.27. The van der Waals surface area contributed by atoms with Crippen molar-refractivity contribution in [3.05, 3.63) is 69.4 Å². The van der Waals surface area contributed by atoms with Crippen LogP contribution in [-0.2, 0) is 6.42 Å².